The average Bonchev–Trinajstić information content (AvgIpc) is 2.36. The average molecular weight is 360 g/mol. The monoisotopic (exact) mass is 359 g/mol. The molecule has 106 valence electrons. The van der Waals surface area contributed by atoms with Crippen molar-refractivity contribution in [3.63, 3.8) is 0 Å². The molecule has 1 aromatic carbocycles. The molecule has 0 saturated carbocycles. The summed E-state index contributed by atoms with van der Waals surface area (Å²) in [7, 11) is -3.96. The van der Waals surface area contributed by atoms with Crippen molar-refractivity contribution in [1.29, 1.82) is 0 Å². The van der Waals surface area contributed by atoms with Gasteiger partial charge in [-0.05, 0) is 52.7 Å². The van der Waals surface area contributed by atoms with Crippen LogP contribution in [0.15, 0.2) is 40.0 Å². The first-order valence-electron chi connectivity index (χ1n) is 5.50. The molecule has 0 unspecified atom stereocenters. The number of nitrogens with one attached hydrogen (secondary N) is 1. The van der Waals surface area contributed by atoms with Gasteiger partial charge in [0.2, 0.25) is 0 Å². The van der Waals surface area contributed by atoms with Crippen molar-refractivity contribution in [1.82, 2.24) is 4.98 Å². The Hall–Kier alpha value is -1.67. The summed E-state index contributed by atoms with van der Waals surface area (Å²) in [6.07, 6.45) is 1.32. The van der Waals surface area contributed by atoms with E-state index >= 15 is 0 Å². The highest BCUT2D eigenvalue weighted by Crippen LogP contribution is 2.26. The first kappa shape index (κ1) is 14.7. The fourth-order valence-corrected chi connectivity index (χ4v) is 3.22. The summed E-state index contributed by atoms with van der Waals surface area (Å²) in [4.78, 5) is 3.74. The lowest BCUT2D eigenvalue weighted by Gasteiger charge is -2.12. The summed E-state index contributed by atoms with van der Waals surface area (Å²) in [6.45, 7) is 1.66. The molecule has 1 heterocycles. The van der Waals surface area contributed by atoms with Gasteiger partial charge in [-0.3, -0.25) is 4.72 Å². The number of sulfonamides is 1. The maximum atomic E-state index is 13.5. The van der Waals surface area contributed by atoms with Crippen LogP contribution in [0.4, 0.5) is 15.8 Å². The highest BCUT2D eigenvalue weighted by atomic mass is 79.9. The van der Waals surface area contributed by atoms with Crippen molar-refractivity contribution in [2.45, 2.75) is 11.9 Å². The molecule has 2 rings (SSSR count). The van der Waals surface area contributed by atoms with Crippen LogP contribution in [0.25, 0.3) is 0 Å². The van der Waals surface area contributed by atoms with E-state index in [2.05, 4.69) is 25.6 Å². The summed E-state index contributed by atoms with van der Waals surface area (Å²) in [5.41, 5.74) is 6.31. The number of halogens is 2. The second kappa shape index (κ2) is 5.37. The van der Waals surface area contributed by atoms with Crippen LogP contribution in [0.2, 0.25) is 0 Å². The lowest BCUT2D eigenvalue weighted by molar-refractivity contribution is 0.598. The van der Waals surface area contributed by atoms with Crippen LogP contribution in [-0.4, -0.2) is 13.4 Å². The van der Waals surface area contributed by atoms with Gasteiger partial charge in [0.15, 0.2) is 5.03 Å². The molecule has 0 atom stereocenters. The third-order valence-corrected chi connectivity index (χ3v) is 4.51. The normalized spacial score (nSPS) is 11.3. The Balaban J connectivity index is 2.44. The van der Waals surface area contributed by atoms with Gasteiger partial charge in [-0.2, -0.15) is 8.42 Å². The van der Waals surface area contributed by atoms with Crippen LogP contribution in [0.3, 0.4) is 0 Å². The summed E-state index contributed by atoms with van der Waals surface area (Å²) in [6, 6.07) is 5.53. The SMILES string of the molecule is Cc1cc(Br)c(F)cc1NS(=O)(=O)c1ncccc1N. The van der Waals surface area contributed by atoms with E-state index in [0.29, 0.717) is 5.56 Å². The Bertz CT molecular complexity index is 765. The fourth-order valence-electron chi connectivity index (χ4n) is 1.58. The molecule has 0 amide bonds. The summed E-state index contributed by atoms with van der Waals surface area (Å²) in [5.74, 6) is -0.567. The highest BCUT2D eigenvalue weighted by Gasteiger charge is 2.20. The van der Waals surface area contributed by atoms with Crippen LogP contribution in [0.5, 0.6) is 0 Å². The first-order valence-corrected chi connectivity index (χ1v) is 7.78. The lowest BCUT2D eigenvalue weighted by atomic mass is 10.2. The van der Waals surface area contributed by atoms with Gasteiger partial charge in [-0.1, -0.05) is 0 Å². The molecule has 1 aromatic heterocycles. The number of nitrogens with zero attached hydrogens (tertiary/aromatic N) is 1. The van der Waals surface area contributed by atoms with Crippen LogP contribution in [0, 0.1) is 12.7 Å². The van der Waals surface area contributed by atoms with Gasteiger partial charge in [-0.25, -0.2) is 9.37 Å². The standard InChI is InChI=1S/C12H11BrFN3O2S/c1-7-5-8(13)9(14)6-11(7)17-20(18,19)12-10(15)3-2-4-16-12/h2-6,17H,15H2,1H3. The van der Waals surface area contributed by atoms with Crippen LogP contribution >= 0.6 is 15.9 Å². The van der Waals surface area contributed by atoms with E-state index in [1.54, 1.807) is 6.92 Å². The van der Waals surface area contributed by atoms with Crippen LogP contribution < -0.4 is 10.5 Å². The lowest BCUT2D eigenvalue weighted by Crippen LogP contribution is -2.17. The molecule has 2 aromatic rings. The second-order valence-electron chi connectivity index (χ2n) is 4.08. The Labute approximate surface area is 124 Å². The minimum Gasteiger partial charge on any atom is -0.396 e. The molecule has 0 saturated heterocycles. The minimum atomic E-state index is -3.96. The number of hydrogen-bond donors (Lipinski definition) is 2. The molecule has 0 aliphatic rings. The van der Waals surface area contributed by atoms with Crippen LogP contribution in [0.1, 0.15) is 5.56 Å². The molecule has 0 aliphatic heterocycles. The molecule has 0 radical (unpaired) electrons. The van der Waals surface area contributed by atoms with Gasteiger partial charge in [0, 0.05) is 6.20 Å². The number of rotatable bonds is 3. The zero-order valence-electron chi connectivity index (χ0n) is 10.4. The van der Waals surface area contributed by atoms with Crippen molar-refractivity contribution in [2.75, 3.05) is 10.5 Å². The molecule has 3 N–H and O–H groups in total. The van der Waals surface area contributed by atoms with Gasteiger partial charge in [0.05, 0.1) is 15.8 Å². The molecule has 20 heavy (non-hydrogen) atoms. The third-order valence-electron chi connectivity index (χ3n) is 2.57. The molecular weight excluding hydrogens is 349 g/mol. The Morgan fingerprint density at radius 3 is 2.75 bits per heavy atom. The number of pyridine rings is 1. The predicted octanol–water partition coefficient (Wildman–Crippen LogP) is 2.67. The van der Waals surface area contributed by atoms with Crippen LogP contribution in [-0.2, 0) is 10.0 Å². The van der Waals surface area contributed by atoms with E-state index in [1.165, 1.54) is 24.4 Å². The Morgan fingerprint density at radius 1 is 1.40 bits per heavy atom. The van der Waals surface area contributed by atoms with E-state index < -0.39 is 15.8 Å². The maximum absolute atomic E-state index is 13.5. The molecule has 5 nitrogen and oxygen atoms in total. The zero-order valence-corrected chi connectivity index (χ0v) is 12.8. The van der Waals surface area contributed by atoms with Gasteiger partial charge in [0.25, 0.3) is 10.0 Å². The number of aryl methyl sites for hydroxylation is 1. The first-order chi connectivity index (χ1) is 9.31. The summed E-state index contributed by atoms with van der Waals surface area (Å²) >= 11 is 3.03. The number of anilines is 2. The van der Waals surface area contributed by atoms with E-state index in [0.717, 1.165) is 6.07 Å². The molecule has 0 bridgehead atoms. The van der Waals surface area contributed by atoms with Gasteiger partial charge in [0.1, 0.15) is 5.82 Å². The number of benzene rings is 1. The quantitative estimate of drug-likeness (QED) is 0.881. The maximum Gasteiger partial charge on any atom is 0.281 e. The van der Waals surface area contributed by atoms with E-state index in [1.807, 2.05) is 0 Å². The Kier molecular flexibility index (Phi) is 3.96. The third kappa shape index (κ3) is 2.91. The zero-order chi connectivity index (χ0) is 14.9. The molecule has 0 spiro atoms. The van der Waals surface area contributed by atoms with Gasteiger partial charge >= 0.3 is 0 Å². The summed E-state index contributed by atoms with van der Waals surface area (Å²) in [5, 5.41) is -0.289. The van der Waals surface area contributed by atoms with Gasteiger partial charge < -0.3 is 5.73 Å². The van der Waals surface area contributed by atoms with Gasteiger partial charge in [-0.15, -0.1) is 0 Å². The topological polar surface area (TPSA) is 85.1 Å². The number of aromatic nitrogens is 1. The number of nitrogens with two attached hydrogens (primary N) is 1. The van der Waals surface area contributed by atoms with Crippen molar-refractivity contribution < 1.29 is 12.8 Å². The molecule has 8 heteroatoms. The Morgan fingerprint density at radius 2 is 2.10 bits per heavy atom. The molecule has 0 fully saturated rings. The van der Waals surface area contributed by atoms with E-state index in [4.69, 9.17) is 5.73 Å². The fraction of sp³-hybridized carbons (Fsp3) is 0.0833. The predicted molar refractivity (Wildman–Crippen MR) is 78.3 cm³/mol. The smallest absolute Gasteiger partial charge is 0.281 e. The number of nitrogen functional groups attached to an aromatic ring is 1. The number of hydrogen-bond acceptors (Lipinski definition) is 4. The van der Waals surface area contributed by atoms with Crippen molar-refractivity contribution >= 4 is 37.3 Å². The minimum absolute atomic E-state index is 0.0234. The highest BCUT2D eigenvalue weighted by molar-refractivity contribution is 9.10. The summed E-state index contributed by atoms with van der Waals surface area (Å²) < 4.78 is 40.4. The second-order valence-corrected chi connectivity index (χ2v) is 6.54. The largest absolute Gasteiger partial charge is 0.396 e. The van der Waals surface area contributed by atoms with E-state index in [-0.39, 0.29) is 20.9 Å². The van der Waals surface area contributed by atoms with Crippen molar-refractivity contribution in [3.8, 4) is 0 Å². The van der Waals surface area contributed by atoms with Crippen molar-refractivity contribution in [3.05, 3.63) is 46.3 Å². The van der Waals surface area contributed by atoms with E-state index in [9.17, 15) is 12.8 Å². The molecule has 0 aliphatic carbocycles. The molecular formula is C12H11BrFN3O2S. The van der Waals surface area contributed by atoms with Crippen molar-refractivity contribution in [2.24, 2.45) is 0 Å².